The Morgan fingerprint density at radius 3 is 2.27 bits per heavy atom. The van der Waals surface area contributed by atoms with Crippen molar-refractivity contribution in [3.63, 3.8) is 0 Å². The predicted octanol–water partition coefficient (Wildman–Crippen LogP) is 6.53. The van der Waals surface area contributed by atoms with Crippen LogP contribution in [0.1, 0.15) is 57.1 Å². The zero-order valence-electron chi connectivity index (χ0n) is 20.4. The standard InChI is InChI=1S/C27H34ClF3N4O.CH4/c28-23-6-3-20(4-7-23)18-21-9-14-34(15-10-21)13-1-2-26(36)35-16-11-24(12-17-35)33-25-8-5-22(19-32-25)27(29,30)31;/h3-8,19,21,24H,1-2,9-18H2,(H,32,33);1H4. The molecule has 0 saturated carbocycles. The van der Waals surface area contributed by atoms with E-state index in [0.29, 0.717) is 31.2 Å². The van der Waals surface area contributed by atoms with Gasteiger partial charge in [0.2, 0.25) is 5.91 Å². The van der Waals surface area contributed by atoms with Crippen LogP contribution in [0.25, 0.3) is 0 Å². The van der Waals surface area contributed by atoms with E-state index >= 15 is 0 Å². The lowest BCUT2D eigenvalue weighted by Crippen LogP contribution is -2.42. The molecule has 4 rings (SSSR count). The van der Waals surface area contributed by atoms with Gasteiger partial charge in [-0.15, -0.1) is 0 Å². The number of anilines is 1. The number of likely N-dealkylation sites (tertiary alicyclic amines) is 2. The van der Waals surface area contributed by atoms with E-state index in [9.17, 15) is 18.0 Å². The monoisotopic (exact) mass is 538 g/mol. The maximum absolute atomic E-state index is 12.7. The van der Waals surface area contributed by atoms with Crippen LogP contribution < -0.4 is 5.32 Å². The third kappa shape index (κ3) is 8.88. The van der Waals surface area contributed by atoms with Gasteiger partial charge >= 0.3 is 6.18 Å². The lowest BCUT2D eigenvalue weighted by molar-refractivity contribution is -0.137. The zero-order valence-corrected chi connectivity index (χ0v) is 21.2. The van der Waals surface area contributed by atoms with Gasteiger partial charge in [-0.2, -0.15) is 13.2 Å². The van der Waals surface area contributed by atoms with E-state index in [2.05, 4.69) is 27.3 Å². The molecule has 2 aliphatic heterocycles. The number of benzene rings is 1. The van der Waals surface area contributed by atoms with Crippen LogP contribution >= 0.6 is 11.6 Å². The quantitative estimate of drug-likeness (QED) is 0.415. The number of hydrogen-bond acceptors (Lipinski definition) is 4. The summed E-state index contributed by atoms with van der Waals surface area (Å²) in [6, 6.07) is 10.6. The summed E-state index contributed by atoms with van der Waals surface area (Å²) in [4.78, 5) is 20.9. The minimum Gasteiger partial charge on any atom is -0.367 e. The minimum absolute atomic E-state index is 0. The number of nitrogens with zero attached hydrogens (tertiary/aromatic N) is 3. The summed E-state index contributed by atoms with van der Waals surface area (Å²) in [5.74, 6) is 1.33. The fourth-order valence-electron chi connectivity index (χ4n) is 5.11. The first-order valence-electron chi connectivity index (χ1n) is 12.8. The van der Waals surface area contributed by atoms with Gasteiger partial charge in [0.15, 0.2) is 0 Å². The van der Waals surface area contributed by atoms with E-state index in [4.69, 9.17) is 11.6 Å². The SMILES string of the molecule is C.O=C(CCCN1CCC(Cc2ccc(Cl)cc2)CC1)N1CCC(Nc2ccc(C(F)(F)F)cn2)CC1. The van der Waals surface area contributed by atoms with Gasteiger partial charge < -0.3 is 15.1 Å². The molecule has 0 spiro atoms. The number of nitrogens with one attached hydrogen (secondary N) is 1. The molecule has 1 aromatic heterocycles. The number of pyridine rings is 1. The van der Waals surface area contributed by atoms with E-state index in [0.717, 1.165) is 62.6 Å². The van der Waals surface area contributed by atoms with Gasteiger partial charge in [0.25, 0.3) is 0 Å². The maximum atomic E-state index is 12.7. The maximum Gasteiger partial charge on any atom is 0.417 e. The third-order valence-corrected chi connectivity index (χ3v) is 7.55. The summed E-state index contributed by atoms with van der Waals surface area (Å²) in [6.45, 7) is 4.44. The molecule has 204 valence electrons. The van der Waals surface area contributed by atoms with Crippen LogP contribution in [-0.4, -0.2) is 59.5 Å². The Balaban J connectivity index is 0.00000380. The topological polar surface area (TPSA) is 48.5 Å². The van der Waals surface area contributed by atoms with Crippen LogP contribution in [0.15, 0.2) is 42.6 Å². The molecule has 1 amide bonds. The largest absolute Gasteiger partial charge is 0.417 e. The molecule has 1 N–H and O–H groups in total. The van der Waals surface area contributed by atoms with Gasteiger partial charge in [-0.05, 0) is 93.9 Å². The number of carbonyl (C=O) groups is 1. The van der Waals surface area contributed by atoms with Crippen molar-refractivity contribution < 1.29 is 18.0 Å². The van der Waals surface area contributed by atoms with Crippen LogP contribution in [0.4, 0.5) is 19.0 Å². The van der Waals surface area contributed by atoms with Crippen molar-refractivity contribution >= 4 is 23.3 Å². The molecule has 9 heteroatoms. The molecular weight excluding hydrogens is 501 g/mol. The Labute approximate surface area is 223 Å². The molecule has 5 nitrogen and oxygen atoms in total. The fourth-order valence-corrected chi connectivity index (χ4v) is 5.24. The molecule has 0 aliphatic carbocycles. The van der Waals surface area contributed by atoms with Crippen LogP contribution in [0, 0.1) is 5.92 Å². The van der Waals surface area contributed by atoms with Crippen LogP contribution in [0.2, 0.25) is 5.02 Å². The van der Waals surface area contributed by atoms with Crippen molar-refractivity contribution in [3.8, 4) is 0 Å². The number of alkyl halides is 3. The van der Waals surface area contributed by atoms with Crippen LogP contribution in [0.3, 0.4) is 0 Å². The number of piperidine rings is 2. The third-order valence-electron chi connectivity index (χ3n) is 7.30. The lowest BCUT2D eigenvalue weighted by Gasteiger charge is -2.34. The lowest BCUT2D eigenvalue weighted by atomic mass is 9.90. The van der Waals surface area contributed by atoms with Gasteiger partial charge in [0.05, 0.1) is 5.56 Å². The summed E-state index contributed by atoms with van der Waals surface area (Å²) in [6.07, 6.45) is 2.89. The average molecular weight is 539 g/mol. The van der Waals surface area contributed by atoms with Gasteiger partial charge in [-0.3, -0.25) is 4.79 Å². The highest BCUT2D eigenvalue weighted by molar-refractivity contribution is 6.30. The van der Waals surface area contributed by atoms with Crippen molar-refractivity contribution in [2.45, 2.75) is 64.6 Å². The number of halogens is 4. The normalized spacial score (nSPS) is 17.9. The molecule has 0 unspecified atom stereocenters. The second kappa shape index (κ2) is 13.5. The number of hydrogen-bond donors (Lipinski definition) is 1. The first kappa shape index (κ1) is 29.2. The first-order valence-corrected chi connectivity index (χ1v) is 13.2. The molecule has 2 aromatic rings. The fraction of sp³-hybridized carbons (Fsp3) is 0.571. The number of carbonyl (C=O) groups excluding carboxylic acids is 1. The Morgan fingerprint density at radius 1 is 1.00 bits per heavy atom. The van der Waals surface area contributed by atoms with Crippen molar-refractivity contribution in [2.24, 2.45) is 5.92 Å². The molecule has 37 heavy (non-hydrogen) atoms. The van der Waals surface area contributed by atoms with Gasteiger partial charge in [0.1, 0.15) is 5.82 Å². The van der Waals surface area contributed by atoms with Crippen molar-refractivity contribution in [2.75, 3.05) is 38.0 Å². The zero-order chi connectivity index (χ0) is 25.5. The summed E-state index contributed by atoms with van der Waals surface area (Å²) in [5.41, 5.74) is 0.591. The molecule has 0 bridgehead atoms. The Kier molecular flexibility index (Phi) is 10.6. The highest BCUT2D eigenvalue weighted by atomic mass is 35.5. The van der Waals surface area contributed by atoms with E-state index in [1.54, 1.807) is 0 Å². The Bertz CT molecular complexity index is 968. The molecule has 2 saturated heterocycles. The van der Waals surface area contributed by atoms with Gasteiger partial charge in [-0.1, -0.05) is 31.2 Å². The van der Waals surface area contributed by atoms with Crippen LogP contribution in [-0.2, 0) is 17.4 Å². The van der Waals surface area contributed by atoms with Gasteiger partial charge in [-0.25, -0.2) is 4.98 Å². The highest BCUT2D eigenvalue weighted by Crippen LogP contribution is 2.29. The molecule has 3 heterocycles. The molecule has 1 aromatic carbocycles. The number of rotatable bonds is 8. The molecule has 2 aliphatic rings. The minimum atomic E-state index is -4.38. The van der Waals surface area contributed by atoms with Crippen molar-refractivity contribution in [1.29, 1.82) is 0 Å². The summed E-state index contributed by atoms with van der Waals surface area (Å²) >= 11 is 5.98. The van der Waals surface area contributed by atoms with E-state index < -0.39 is 11.7 Å². The van der Waals surface area contributed by atoms with E-state index in [1.165, 1.54) is 24.5 Å². The second-order valence-corrected chi connectivity index (χ2v) is 10.4. The number of aromatic nitrogens is 1. The Morgan fingerprint density at radius 2 is 1.68 bits per heavy atom. The summed E-state index contributed by atoms with van der Waals surface area (Å²) in [7, 11) is 0. The van der Waals surface area contributed by atoms with Crippen molar-refractivity contribution in [1.82, 2.24) is 14.8 Å². The highest BCUT2D eigenvalue weighted by Gasteiger charge is 2.31. The Hall–Kier alpha value is -2.32. The molecular formula is C28H38ClF3N4O. The van der Waals surface area contributed by atoms with Crippen LogP contribution in [0.5, 0.6) is 0 Å². The van der Waals surface area contributed by atoms with Crippen molar-refractivity contribution in [3.05, 3.63) is 58.7 Å². The van der Waals surface area contributed by atoms with E-state index in [-0.39, 0.29) is 19.4 Å². The first-order chi connectivity index (χ1) is 17.3. The molecule has 0 radical (unpaired) electrons. The average Bonchev–Trinajstić information content (AvgIpc) is 2.87. The molecule has 0 atom stereocenters. The molecule has 2 fully saturated rings. The number of amides is 1. The summed E-state index contributed by atoms with van der Waals surface area (Å²) in [5, 5.41) is 3.97. The summed E-state index contributed by atoms with van der Waals surface area (Å²) < 4.78 is 38.1. The smallest absolute Gasteiger partial charge is 0.367 e. The van der Waals surface area contributed by atoms with E-state index in [1.807, 2.05) is 17.0 Å². The van der Waals surface area contributed by atoms with Gasteiger partial charge in [0, 0.05) is 36.8 Å². The second-order valence-electron chi connectivity index (χ2n) is 9.95. The predicted molar refractivity (Wildman–Crippen MR) is 143 cm³/mol.